The van der Waals surface area contributed by atoms with Crippen LogP contribution in [0.25, 0.3) is 0 Å². The van der Waals surface area contributed by atoms with E-state index in [2.05, 4.69) is 36.5 Å². The fourth-order valence-corrected chi connectivity index (χ4v) is 2.24. The van der Waals surface area contributed by atoms with Gasteiger partial charge in [0.1, 0.15) is 5.01 Å². The van der Waals surface area contributed by atoms with Crippen LogP contribution in [0.5, 0.6) is 0 Å². The molecule has 1 aromatic rings. The van der Waals surface area contributed by atoms with Crippen LogP contribution >= 0.6 is 11.3 Å². The zero-order chi connectivity index (χ0) is 12.0. The van der Waals surface area contributed by atoms with E-state index in [1.54, 1.807) is 18.4 Å². The second-order valence-electron chi connectivity index (χ2n) is 4.38. The lowest BCUT2D eigenvalue weighted by atomic mass is 10.2. The molecule has 0 aliphatic carbocycles. The minimum absolute atomic E-state index is 0.478. The molecule has 92 valence electrons. The Kier molecular flexibility index (Phi) is 5.95. The van der Waals surface area contributed by atoms with E-state index in [4.69, 9.17) is 4.74 Å². The quantitative estimate of drug-likeness (QED) is 0.798. The molecule has 0 saturated carbocycles. The number of methoxy groups -OCH3 is 1. The van der Waals surface area contributed by atoms with Crippen LogP contribution in [0.15, 0.2) is 5.38 Å². The van der Waals surface area contributed by atoms with Gasteiger partial charge in [0.2, 0.25) is 0 Å². The molecule has 16 heavy (non-hydrogen) atoms. The molecule has 0 amide bonds. The first-order valence-corrected chi connectivity index (χ1v) is 6.68. The van der Waals surface area contributed by atoms with Crippen LogP contribution in [0.3, 0.4) is 0 Å². The van der Waals surface area contributed by atoms with Crippen molar-refractivity contribution in [2.24, 2.45) is 0 Å². The smallest absolute Gasteiger partial charge is 0.107 e. The Balaban J connectivity index is 2.31. The van der Waals surface area contributed by atoms with Gasteiger partial charge in [0, 0.05) is 31.7 Å². The summed E-state index contributed by atoms with van der Waals surface area (Å²) in [6, 6.07) is 0.478. The average Bonchev–Trinajstić information content (AvgIpc) is 2.72. The number of aromatic nitrogens is 1. The zero-order valence-corrected chi connectivity index (χ0v) is 11.4. The molecule has 3 nitrogen and oxygen atoms in total. The second kappa shape index (κ2) is 6.99. The predicted molar refractivity (Wildman–Crippen MR) is 69.0 cm³/mol. The predicted octanol–water partition coefficient (Wildman–Crippen LogP) is 2.78. The summed E-state index contributed by atoms with van der Waals surface area (Å²) in [5.74, 6) is 0.524. The summed E-state index contributed by atoms with van der Waals surface area (Å²) in [7, 11) is 1.74. The minimum Gasteiger partial charge on any atom is -0.385 e. The first kappa shape index (κ1) is 13.6. The summed E-state index contributed by atoms with van der Waals surface area (Å²) in [4.78, 5) is 4.59. The molecule has 0 spiro atoms. The third-order valence-electron chi connectivity index (χ3n) is 2.52. The van der Waals surface area contributed by atoms with E-state index in [0.29, 0.717) is 12.0 Å². The van der Waals surface area contributed by atoms with E-state index in [0.717, 1.165) is 19.6 Å². The Morgan fingerprint density at radius 1 is 1.44 bits per heavy atom. The summed E-state index contributed by atoms with van der Waals surface area (Å²) in [6.45, 7) is 8.20. The van der Waals surface area contributed by atoms with Crippen LogP contribution in [0.1, 0.15) is 43.8 Å². The first-order chi connectivity index (χ1) is 7.63. The standard InChI is InChI=1S/C12H22N2OS/c1-9(2)11-8-16-12(14-11)7-13-10(3)5-6-15-4/h8-10,13H,5-7H2,1-4H3. The van der Waals surface area contributed by atoms with Crippen molar-refractivity contribution in [1.29, 1.82) is 0 Å². The lowest BCUT2D eigenvalue weighted by Gasteiger charge is -2.11. The van der Waals surface area contributed by atoms with Crippen molar-refractivity contribution in [1.82, 2.24) is 10.3 Å². The Hall–Kier alpha value is -0.450. The van der Waals surface area contributed by atoms with Crippen molar-refractivity contribution in [3.8, 4) is 0 Å². The summed E-state index contributed by atoms with van der Waals surface area (Å²) in [5, 5.41) is 6.78. The fourth-order valence-electron chi connectivity index (χ4n) is 1.33. The van der Waals surface area contributed by atoms with Gasteiger partial charge in [0.15, 0.2) is 0 Å². The van der Waals surface area contributed by atoms with Crippen LogP contribution < -0.4 is 5.32 Å². The Morgan fingerprint density at radius 2 is 2.19 bits per heavy atom. The van der Waals surface area contributed by atoms with Crippen molar-refractivity contribution < 1.29 is 4.74 Å². The molecule has 1 N–H and O–H groups in total. The Morgan fingerprint density at radius 3 is 2.75 bits per heavy atom. The molecular weight excluding hydrogens is 220 g/mol. The van der Waals surface area contributed by atoms with Gasteiger partial charge in [-0.3, -0.25) is 0 Å². The maximum Gasteiger partial charge on any atom is 0.107 e. The molecule has 0 saturated heterocycles. The molecule has 0 fully saturated rings. The van der Waals surface area contributed by atoms with Crippen LogP contribution in [-0.4, -0.2) is 24.7 Å². The number of nitrogens with zero attached hydrogens (tertiary/aromatic N) is 1. The van der Waals surface area contributed by atoms with Crippen LogP contribution in [0.2, 0.25) is 0 Å². The normalized spacial score (nSPS) is 13.3. The van der Waals surface area contributed by atoms with Gasteiger partial charge >= 0.3 is 0 Å². The van der Waals surface area contributed by atoms with E-state index in [1.165, 1.54) is 10.7 Å². The molecule has 0 aromatic carbocycles. The SMILES string of the molecule is COCCC(C)NCc1nc(C(C)C)cs1. The van der Waals surface area contributed by atoms with Crippen molar-refractivity contribution in [2.45, 2.75) is 45.7 Å². The van der Waals surface area contributed by atoms with Gasteiger partial charge in [-0.15, -0.1) is 11.3 Å². The van der Waals surface area contributed by atoms with Crippen molar-refractivity contribution in [3.05, 3.63) is 16.1 Å². The molecule has 4 heteroatoms. The van der Waals surface area contributed by atoms with Crippen LogP contribution in [0.4, 0.5) is 0 Å². The number of rotatable bonds is 7. The Labute approximate surface area is 102 Å². The van der Waals surface area contributed by atoms with Gasteiger partial charge < -0.3 is 10.1 Å². The molecule has 1 unspecified atom stereocenters. The second-order valence-corrected chi connectivity index (χ2v) is 5.33. The van der Waals surface area contributed by atoms with Crippen LogP contribution in [0, 0.1) is 0 Å². The van der Waals surface area contributed by atoms with Gasteiger partial charge in [0.25, 0.3) is 0 Å². The molecule has 0 aliphatic heterocycles. The summed E-state index contributed by atoms with van der Waals surface area (Å²) in [5.41, 5.74) is 1.20. The van der Waals surface area contributed by atoms with E-state index < -0.39 is 0 Å². The number of hydrogen-bond donors (Lipinski definition) is 1. The van der Waals surface area contributed by atoms with Gasteiger partial charge in [-0.25, -0.2) is 4.98 Å². The molecule has 1 atom stereocenters. The van der Waals surface area contributed by atoms with Gasteiger partial charge in [-0.05, 0) is 19.3 Å². The maximum absolute atomic E-state index is 5.05. The molecule has 1 heterocycles. The summed E-state index contributed by atoms with van der Waals surface area (Å²) in [6.07, 6.45) is 1.04. The van der Waals surface area contributed by atoms with Gasteiger partial charge in [-0.2, -0.15) is 0 Å². The molecule has 0 radical (unpaired) electrons. The first-order valence-electron chi connectivity index (χ1n) is 5.80. The number of ether oxygens (including phenoxy) is 1. The molecule has 1 rings (SSSR count). The highest BCUT2D eigenvalue weighted by atomic mass is 32.1. The van der Waals surface area contributed by atoms with Crippen LogP contribution in [-0.2, 0) is 11.3 Å². The fraction of sp³-hybridized carbons (Fsp3) is 0.750. The van der Waals surface area contributed by atoms with Crippen molar-refractivity contribution in [3.63, 3.8) is 0 Å². The molecule has 0 aliphatic rings. The van der Waals surface area contributed by atoms with Crippen molar-refractivity contribution in [2.75, 3.05) is 13.7 Å². The topological polar surface area (TPSA) is 34.1 Å². The monoisotopic (exact) mass is 242 g/mol. The highest BCUT2D eigenvalue weighted by Gasteiger charge is 2.06. The summed E-state index contributed by atoms with van der Waals surface area (Å²) >= 11 is 1.74. The van der Waals surface area contributed by atoms with Gasteiger partial charge in [-0.1, -0.05) is 13.8 Å². The lowest BCUT2D eigenvalue weighted by molar-refractivity contribution is 0.184. The number of thiazole rings is 1. The average molecular weight is 242 g/mol. The highest BCUT2D eigenvalue weighted by molar-refractivity contribution is 7.09. The van der Waals surface area contributed by atoms with Crippen molar-refractivity contribution >= 4 is 11.3 Å². The molecule has 1 aromatic heterocycles. The van der Waals surface area contributed by atoms with E-state index >= 15 is 0 Å². The lowest BCUT2D eigenvalue weighted by Crippen LogP contribution is -2.26. The van der Waals surface area contributed by atoms with E-state index in [9.17, 15) is 0 Å². The third kappa shape index (κ3) is 4.60. The molecular formula is C12H22N2OS. The maximum atomic E-state index is 5.05. The Bertz CT molecular complexity index is 299. The number of nitrogens with one attached hydrogen (secondary N) is 1. The summed E-state index contributed by atoms with van der Waals surface area (Å²) < 4.78 is 5.05. The van der Waals surface area contributed by atoms with E-state index in [-0.39, 0.29) is 0 Å². The van der Waals surface area contributed by atoms with E-state index in [1.807, 2.05) is 0 Å². The minimum atomic E-state index is 0.478. The zero-order valence-electron chi connectivity index (χ0n) is 10.6. The van der Waals surface area contributed by atoms with Gasteiger partial charge in [0.05, 0.1) is 5.69 Å². The molecule has 0 bridgehead atoms. The third-order valence-corrected chi connectivity index (χ3v) is 3.38. The number of hydrogen-bond acceptors (Lipinski definition) is 4. The largest absolute Gasteiger partial charge is 0.385 e. The highest BCUT2D eigenvalue weighted by Crippen LogP contribution is 2.17.